The van der Waals surface area contributed by atoms with E-state index in [1.54, 1.807) is 17.0 Å². The van der Waals surface area contributed by atoms with Crippen molar-refractivity contribution in [1.82, 2.24) is 15.1 Å². The van der Waals surface area contributed by atoms with E-state index in [0.717, 1.165) is 16.6 Å². The smallest absolute Gasteiger partial charge is 0.337 e. The highest BCUT2D eigenvalue weighted by molar-refractivity contribution is 6.03. The first kappa shape index (κ1) is 20.2. The monoisotopic (exact) mass is 433 g/mol. The van der Waals surface area contributed by atoms with E-state index in [1.165, 1.54) is 13.2 Å². The third-order valence-corrected chi connectivity index (χ3v) is 6.47. The molecule has 8 nitrogen and oxygen atoms in total. The third kappa shape index (κ3) is 3.32. The number of hydrogen-bond acceptors (Lipinski definition) is 6. The number of methoxy groups -OCH3 is 1. The Hall–Kier alpha value is -3.68. The minimum Gasteiger partial charge on any atom is -0.486 e. The summed E-state index contributed by atoms with van der Waals surface area (Å²) < 4.78 is 11.0. The van der Waals surface area contributed by atoms with E-state index in [-0.39, 0.29) is 18.1 Å². The Kier molecular flexibility index (Phi) is 4.73. The van der Waals surface area contributed by atoms with Gasteiger partial charge in [-0.25, -0.2) is 4.79 Å². The summed E-state index contributed by atoms with van der Waals surface area (Å²) in [6.07, 6.45) is 1.36. The number of hydrogen-bond donors (Lipinski definition) is 1. The highest BCUT2D eigenvalue weighted by Crippen LogP contribution is 2.40. The average molecular weight is 433 g/mol. The number of carbonyl (C=O) groups is 3. The van der Waals surface area contributed by atoms with Gasteiger partial charge < -0.3 is 14.4 Å². The SMILES string of the molecule is COC(=O)c1ccc2c(c1)C(=O)CC1(CCN(C(=O)c3ccc4c(C)n[nH]c4c3)CC1)O2. The molecule has 0 aliphatic carbocycles. The summed E-state index contributed by atoms with van der Waals surface area (Å²) in [6, 6.07) is 10.4. The van der Waals surface area contributed by atoms with Gasteiger partial charge in [0.2, 0.25) is 0 Å². The van der Waals surface area contributed by atoms with Crippen LogP contribution in [-0.2, 0) is 4.74 Å². The maximum Gasteiger partial charge on any atom is 0.337 e. The molecule has 32 heavy (non-hydrogen) atoms. The number of carbonyl (C=O) groups excluding carboxylic acids is 3. The van der Waals surface area contributed by atoms with Crippen molar-refractivity contribution in [2.24, 2.45) is 0 Å². The van der Waals surface area contributed by atoms with Crippen molar-refractivity contribution in [3.63, 3.8) is 0 Å². The summed E-state index contributed by atoms with van der Waals surface area (Å²) in [7, 11) is 1.30. The fourth-order valence-corrected chi connectivity index (χ4v) is 4.61. The first-order chi connectivity index (χ1) is 15.4. The molecular formula is C24H23N3O5. The summed E-state index contributed by atoms with van der Waals surface area (Å²) in [5.41, 5.74) is 2.45. The Bertz CT molecular complexity index is 1250. The molecule has 3 heterocycles. The van der Waals surface area contributed by atoms with Crippen LogP contribution in [0, 0.1) is 6.92 Å². The van der Waals surface area contributed by atoms with Gasteiger partial charge in [-0.3, -0.25) is 14.7 Å². The van der Waals surface area contributed by atoms with Gasteiger partial charge in [-0.1, -0.05) is 6.07 Å². The van der Waals surface area contributed by atoms with Crippen LogP contribution in [0.25, 0.3) is 10.9 Å². The van der Waals surface area contributed by atoms with Crippen molar-refractivity contribution in [2.75, 3.05) is 20.2 Å². The van der Waals surface area contributed by atoms with Gasteiger partial charge in [0, 0.05) is 36.9 Å². The first-order valence-electron chi connectivity index (χ1n) is 10.6. The van der Waals surface area contributed by atoms with E-state index >= 15 is 0 Å². The van der Waals surface area contributed by atoms with Crippen LogP contribution in [0.5, 0.6) is 5.75 Å². The molecule has 5 rings (SSSR count). The van der Waals surface area contributed by atoms with Gasteiger partial charge in [-0.2, -0.15) is 5.10 Å². The van der Waals surface area contributed by atoms with Gasteiger partial charge in [0.25, 0.3) is 5.91 Å². The molecule has 2 aromatic carbocycles. The minimum atomic E-state index is -0.627. The van der Waals surface area contributed by atoms with Crippen molar-refractivity contribution >= 4 is 28.6 Å². The molecule has 8 heteroatoms. The number of ketones is 1. The van der Waals surface area contributed by atoms with Crippen LogP contribution >= 0.6 is 0 Å². The summed E-state index contributed by atoms with van der Waals surface area (Å²) in [5, 5.41) is 8.14. The molecule has 1 saturated heterocycles. The van der Waals surface area contributed by atoms with Crippen LogP contribution < -0.4 is 4.74 Å². The lowest BCUT2D eigenvalue weighted by Gasteiger charge is -2.44. The fourth-order valence-electron chi connectivity index (χ4n) is 4.61. The molecule has 0 unspecified atom stereocenters. The second-order valence-electron chi connectivity index (χ2n) is 8.45. The number of esters is 1. The molecule has 2 aliphatic heterocycles. The molecule has 0 bridgehead atoms. The number of benzene rings is 2. The molecule has 0 radical (unpaired) electrons. The zero-order valence-corrected chi connectivity index (χ0v) is 17.9. The number of ether oxygens (including phenoxy) is 2. The highest BCUT2D eigenvalue weighted by atomic mass is 16.5. The Morgan fingerprint density at radius 1 is 1.12 bits per heavy atom. The molecule has 3 aromatic rings. The number of rotatable bonds is 2. The second kappa shape index (κ2) is 7.47. The molecular weight excluding hydrogens is 410 g/mol. The van der Waals surface area contributed by atoms with Crippen molar-refractivity contribution in [1.29, 1.82) is 0 Å². The standard InChI is InChI=1S/C24H23N3O5/c1-14-17-5-3-15(12-19(17)26-25-14)22(29)27-9-7-24(8-10-27)13-20(28)18-11-16(23(30)31-2)4-6-21(18)32-24/h3-6,11-12H,7-10,13H2,1-2H3,(H,25,26). The minimum absolute atomic E-state index is 0.0424. The van der Waals surface area contributed by atoms with Crippen molar-refractivity contribution in [2.45, 2.75) is 31.8 Å². The van der Waals surface area contributed by atoms with E-state index in [4.69, 9.17) is 9.47 Å². The van der Waals surface area contributed by atoms with Crippen LogP contribution in [0.1, 0.15) is 56.0 Å². The topological polar surface area (TPSA) is 102 Å². The van der Waals surface area contributed by atoms with Gasteiger partial charge in [-0.05, 0) is 37.3 Å². The zero-order chi connectivity index (χ0) is 22.5. The van der Waals surface area contributed by atoms with Crippen LogP contribution in [0.15, 0.2) is 36.4 Å². The Morgan fingerprint density at radius 3 is 2.62 bits per heavy atom. The average Bonchev–Trinajstić information content (AvgIpc) is 3.18. The summed E-state index contributed by atoms with van der Waals surface area (Å²) in [4.78, 5) is 39.5. The number of aromatic amines is 1. The number of fused-ring (bicyclic) bond motifs is 2. The molecule has 0 atom stereocenters. The van der Waals surface area contributed by atoms with Gasteiger partial charge in [0.1, 0.15) is 11.4 Å². The van der Waals surface area contributed by atoms with E-state index in [0.29, 0.717) is 48.4 Å². The number of amides is 1. The van der Waals surface area contributed by atoms with Gasteiger partial charge in [-0.15, -0.1) is 0 Å². The normalized spacial score (nSPS) is 17.2. The van der Waals surface area contributed by atoms with Crippen LogP contribution in [0.2, 0.25) is 0 Å². The fraction of sp³-hybridized carbons (Fsp3) is 0.333. The molecule has 1 fully saturated rings. The second-order valence-corrected chi connectivity index (χ2v) is 8.45. The molecule has 1 amide bonds. The van der Waals surface area contributed by atoms with Crippen molar-refractivity contribution in [3.05, 3.63) is 58.8 Å². The first-order valence-corrected chi connectivity index (χ1v) is 10.6. The number of Topliss-reactive ketones (excluding diaryl/α,β-unsaturated/α-hetero) is 1. The number of likely N-dealkylation sites (tertiary alicyclic amines) is 1. The van der Waals surface area contributed by atoms with Gasteiger partial charge >= 0.3 is 5.97 Å². The molecule has 1 spiro atoms. The van der Waals surface area contributed by atoms with Crippen LogP contribution in [-0.4, -0.2) is 58.6 Å². The summed E-state index contributed by atoms with van der Waals surface area (Å²) in [5.74, 6) is -0.110. The summed E-state index contributed by atoms with van der Waals surface area (Å²) in [6.45, 7) is 2.92. The summed E-state index contributed by atoms with van der Waals surface area (Å²) >= 11 is 0. The maximum absolute atomic E-state index is 13.1. The van der Waals surface area contributed by atoms with Crippen LogP contribution in [0.4, 0.5) is 0 Å². The number of H-pyrrole nitrogens is 1. The number of aromatic nitrogens is 2. The quantitative estimate of drug-likeness (QED) is 0.623. The van der Waals surface area contributed by atoms with E-state index in [2.05, 4.69) is 10.2 Å². The highest BCUT2D eigenvalue weighted by Gasteiger charge is 2.44. The zero-order valence-electron chi connectivity index (χ0n) is 17.9. The van der Waals surface area contributed by atoms with E-state index < -0.39 is 11.6 Å². The molecule has 0 saturated carbocycles. The predicted molar refractivity (Wildman–Crippen MR) is 116 cm³/mol. The van der Waals surface area contributed by atoms with Crippen molar-refractivity contribution in [3.8, 4) is 5.75 Å². The predicted octanol–water partition coefficient (Wildman–Crippen LogP) is 3.30. The van der Waals surface area contributed by atoms with E-state index in [9.17, 15) is 14.4 Å². The van der Waals surface area contributed by atoms with Gasteiger partial charge in [0.05, 0.1) is 35.9 Å². The number of aryl methyl sites for hydroxylation is 1. The van der Waals surface area contributed by atoms with Crippen LogP contribution in [0.3, 0.4) is 0 Å². The molecule has 164 valence electrons. The third-order valence-electron chi connectivity index (χ3n) is 6.47. The number of nitrogens with one attached hydrogen (secondary N) is 1. The lowest BCUT2D eigenvalue weighted by Crippen LogP contribution is -2.52. The Morgan fingerprint density at radius 2 is 1.88 bits per heavy atom. The lowest BCUT2D eigenvalue weighted by atomic mass is 9.82. The number of piperidine rings is 1. The van der Waals surface area contributed by atoms with Crippen molar-refractivity contribution < 1.29 is 23.9 Å². The molecule has 1 N–H and O–H groups in total. The lowest BCUT2D eigenvalue weighted by molar-refractivity contribution is -0.00571. The Balaban J connectivity index is 1.31. The van der Waals surface area contributed by atoms with E-state index in [1.807, 2.05) is 25.1 Å². The molecule has 1 aromatic heterocycles. The number of nitrogens with zero attached hydrogens (tertiary/aromatic N) is 2. The Labute approximate surface area is 184 Å². The van der Waals surface area contributed by atoms with Gasteiger partial charge in [0.15, 0.2) is 5.78 Å². The maximum atomic E-state index is 13.1. The largest absolute Gasteiger partial charge is 0.486 e. The molecule has 2 aliphatic rings.